The third-order valence-electron chi connectivity index (χ3n) is 14.1. The van der Waals surface area contributed by atoms with Gasteiger partial charge >= 0.3 is 12.1 Å². The number of carbonyl (C=O) groups is 4. The van der Waals surface area contributed by atoms with E-state index in [1.807, 2.05) is 103 Å². The number of esters is 1. The number of benzene rings is 1. The number of Topliss-reactive ketones (excluding diaryl/α,β-unsaturated/α-hetero) is 2. The Hall–Kier alpha value is -3.79. The van der Waals surface area contributed by atoms with Crippen LogP contribution < -0.4 is 0 Å². The van der Waals surface area contributed by atoms with Gasteiger partial charge in [0.25, 0.3) is 0 Å². The number of amides is 1. The number of pyridine rings is 1. The largest absolute Gasteiger partial charge is 0.458 e. The van der Waals surface area contributed by atoms with Crippen molar-refractivity contribution in [3.05, 3.63) is 48.2 Å². The number of aromatic nitrogens is 1. The second-order valence-electron chi connectivity index (χ2n) is 19.2. The summed E-state index contributed by atoms with van der Waals surface area (Å²) >= 11 is 0. The number of nitrogens with zero attached hydrogens (tertiary/aromatic N) is 4. The molecular weight excluding hydrogens is 793 g/mol. The Labute approximate surface area is 367 Å². The molecule has 0 bridgehead atoms. The Bertz CT molecular complexity index is 1960. The van der Waals surface area contributed by atoms with Crippen LogP contribution in [0.3, 0.4) is 0 Å². The molecule has 1 aromatic heterocycles. The predicted molar refractivity (Wildman–Crippen MR) is 235 cm³/mol. The van der Waals surface area contributed by atoms with Crippen molar-refractivity contribution in [2.24, 2.45) is 29.6 Å². The maximum Gasteiger partial charge on any atom is 0.410 e. The third kappa shape index (κ3) is 9.95. The number of rotatable bonds is 10. The van der Waals surface area contributed by atoms with Gasteiger partial charge in [-0.1, -0.05) is 58.0 Å². The number of ketones is 2. The molecule has 0 spiro atoms. The molecule has 4 aliphatic heterocycles. The molecule has 5 heterocycles. The molecule has 62 heavy (non-hydrogen) atoms. The van der Waals surface area contributed by atoms with Crippen LogP contribution in [-0.2, 0) is 38.1 Å². The molecule has 0 aliphatic carbocycles. The van der Waals surface area contributed by atoms with Crippen LogP contribution in [0.25, 0.3) is 17.0 Å². The minimum Gasteiger partial charge on any atom is -0.458 e. The highest BCUT2D eigenvalue weighted by molar-refractivity contribution is 6.00. The molecule has 4 saturated heterocycles. The van der Waals surface area contributed by atoms with Crippen LogP contribution in [-0.4, -0.2) is 150 Å². The van der Waals surface area contributed by atoms with Crippen LogP contribution in [0.1, 0.15) is 86.6 Å². The van der Waals surface area contributed by atoms with E-state index in [1.54, 1.807) is 24.9 Å². The molecule has 14 atom stereocenters. The summed E-state index contributed by atoms with van der Waals surface area (Å²) in [6.45, 7) is 16.3. The lowest BCUT2D eigenvalue weighted by atomic mass is 9.73. The smallest absolute Gasteiger partial charge is 0.410 e. The van der Waals surface area contributed by atoms with Crippen molar-refractivity contribution in [3.63, 3.8) is 0 Å². The van der Waals surface area contributed by atoms with Gasteiger partial charge in [0, 0.05) is 48.5 Å². The van der Waals surface area contributed by atoms with Crippen LogP contribution >= 0.6 is 0 Å². The van der Waals surface area contributed by atoms with Crippen LogP contribution in [0.4, 0.5) is 4.79 Å². The summed E-state index contributed by atoms with van der Waals surface area (Å²) in [5.74, 6) is -4.88. The van der Waals surface area contributed by atoms with Gasteiger partial charge in [-0.2, -0.15) is 0 Å². The second kappa shape index (κ2) is 19.5. The number of para-hydroxylation sites is 1. The van der Waals surface area contributed by atoms with Gasteiger partial charge in [-0.25, -0.2) is 4.79 Å². The second-order valence-corrected chi connectivity index (χ2v) is 19.2. The summed E-state index contributed by atoms with van der Waals surface area (Å²) in [5.41, 5.74) is -1.01. The fourth-order valence-corrected chi connectivity index (χ4v) is 10.7. The van der Waals surface area contributed by atoms with Crippen molar-refractivity contribution in [1.29, 1.82) is 0 Å². The highest BCUT2D eigenvalue weighted by Crippen LogP contribution is 2.44. The zero-order chi connectivity index (χ0) is 45.3. The van der Waals surface area contributed by atoms with Gasteiger partial charge in [-0.05, 0) is 105 Å². The van der Waals surface area contributed by atoms with Gasteiger partial charge in [0.2, 0.25) is 0 Å². The fraction of sp³-hybridized carbons (Fsp3) is 0.688. The topological polar surface area (TPSA) is 157 Å². The van der Waals surface area contributed by atoms with Gasteiger partial charge in [-0.15, -0.1) is 0 Å². The summed E-state index contributed by atoms with van der Waals surface area (Å²) in [4.78, 5) is 68.3. The van der Waals surface area contributed by atoms with E-state index >= 15 is 4.79 Å². The zero-order valence-corrected chi connectivity index (χ0v) is 38.6. The maximum atomic E-state index is 15.1. The summed E-state index contributed by atoms with van der Waals surface area (Å²) < 4.78 is 32.4. The van der Waals surface area contributed by atoms with Crippen LogP contribution in [0.5, 0.6) is 0 Å². The summed E-state index contributed by atoms with van der Waals surface area (Å²) in [7, 11) is 5.81. The lowest BCUT2D eigenvalue weighted by molar-refractivity contribution is -0.296. The molecule has 6 rings (SSSR count). The first-order valence-corrected chi connectivity index (χ1v) is 22.5. The summed E-state index contributed by atoms with van der Waals surface area (Å²) in [6.07, 6.45) is 2.23. The molecule has 1 unspecified atom stereocenters. The van der Waals surface area contributed by atoms with E-state index in [-0.39, 0.29) is 43.3 Å². The molecule has 14 heteroatoms. The zero-order valence-electron chi connectivity index (χ0n) is 38.6. The normalized spacial score (nSPS) is 38.1. The number of likely N-dealkylation sites (N-methyl/N-ethyl adjacent to an activating group) is 1. The van der Waals surface area contributed by atoms with Crippen molar-refractivity contribution >= 4 is 40.6 Å². The van der Waals surface area contributed by atoms with Crippen LogP contribution in [0, 0.1) is 29.6 Å². The standard InChI is InChI=1S/C48H70N4O10/c1-12-38-48(8)42(52(46(57)62-48)27-34-19-20-51(11)26-34)30(4)39(53)28(2)24-47(7,58-21-15-16-33-23-35-17-13-14-18-36(35)49-25-33)43(31(5)40(54)32(6)44(56)60-38)61-45-41(55)37(50(9)10)22-29(3)59-45/h13-18,23,25,28-32,34,37-38,41-43,45,55H,12,19-22,24,26-27H2,1-11H3/b16-15+/t28-,29-,30+,31+,32-,34?,37+,38-,41-,42-,43-,45+,47-,48-/m1/s1. The van der Waals surface area contributed by atoms with E-state index < -0.39 is 83.4 Å². The van der Waals surface area contributed by atoms with Gasteiger partial charge in [0.1, 0.15) is 23.9 Å². The first kappa shape index (κ1) is 47.7. The van der Waals surface area contributed by atoms with Gasteiger partial charge in [0.15, 0.2) is 17.7 Å². The van der Waals surface area contributed by atoms with E-state index in [0.717, 1.165) is 36.0 Å². The first-order chi connectivity index (χ1) is 29.3. The Kier molecular flexibility index (Phi) is 15.0. The number of likely N-dealkylation sites (tertiary alicyclic amines) is 1. The number of hydrogen-bond donors (Lipinski definition) is 1. The van der Waals surface area contributed by atoms with Gasteiger partial charge in [-0.3, -0.25) is 24.3 Å². The number of aliphatic hydroxyl groups excluding tert-OH is 1. The van der Waals surface area contributed by atoms with E-state index in [1.165, 1.54) is 6.92 Å². The molecule has 2 aromatic rings. The fourth-order valence-electron chi connectivity index (χ4n) is 10.7. The molecule has 14 nitrogen and oxygen atoms in total. The van der Waals surface area contributed by atoms with E-state index in [4.69, 9.17) is 23.7 Å². The van der Waals surface area contributed by atoms with Crippen LogP contribution in [0.2, 0.25) is 0 Å². The molecule has 0 radical (unpaired) electrons. The maximum absolute atomic E-state index is 15.1. The average molecular weight is 863 g/mol. The molecular formula is C48H70N4O10. The summed E-state index contributed by atoms with van der Waals surface area (Å²) in [5, 5.41) is 12.7. The van der Waals surface area contributed by atoms with E-state index in [2.05, 4.69) is 9.88 Å². The minimum atomic E-state index is -1.39. The number of cyclic esters (lactones) is 1. The lowest BCUT2D eigenvalue weighted by Crippen LogP contribution is -2.60. The molecule has 1 amide bonds. The average Bonchev–Trinajstić information content (AvgIpc) is 3.77. The van der Waals surface area contributed by atoms with Gasteiger partial charge < -0.3 is 38.6 Å². The molecule has 4 fully saturated rings. The van der Waals surface area contributed by atoms with Crippen molar-refractivity contribution in [1.82, 2.24) is 19.7 Å². The molecule has 0 saturated carbocycles. The Balaban J connectivity index is 1.40. The van der Waals surface area contributed by atoms with Crippen molar-refractivity contribution in [2.45, 2.75) is 135 Å². The Morgan fingerprint density at radius 2 is 1.76 bits per heavy atom. The minimum absolute atomic E-state index is 0.0633. The molecule has 1 N–H and O–H groups in total. The molecule has 1 aromatic carbocycles. The Morgan fingerprint density at radius 3 is 2.44 bits per heavy atom. The monoisotopic (exact) mass is 863 g/mol. The highest BCUT2D eigenvalue weighted by Gasteiger charge is 2.61. The number of ether oxygens (including phenoxy) is 5. The third-order valence-corrected chi connectivity index (χ3v) is 14.1. The van der Waals surface area contributed by atoms with Crippen LogP contribution in [0.15, 0.2) is 42.6 Å². The van der Waals surface area contributed by atoms with E-state index in [0.29, 0.717) is 13.0 Å². The number of fused-ring (bicyclic) bond motifs is 2. The molecule has 342 valence electrons. The quantitative estimate of drug-likeness (QED) is 0.227. The lowest BCUT2D eigenvalue weighted by Gasteiger charge is -2.47. The summed E-state index contributed by atoms with van der Waals surface area (Å²) in [6, 6.07) is 8.81. The SMILES string of the molecule is CC[C@H]1OC(=O)[C@H](C)C(=O)[C@H](C)[C@@H](O[C@@H]2O[C@H](C)C[C@H](N(C)C)[C@H]2O)[C@](C)(OC/C=C/c2cnc3ccccc3c2)C[C@@H](C)C(=O)[C@H](C)[C@H]2N(CC3CCN(C)C3)C(=O)O[C@]12C. The van der Waals surface area contributed by atoms with Crippen molar-refractivity contribution < 1.29 is 48.0 Å². The molecule has 4 aliphatic rings. The van der Waals surface area contributed by atoms with Crippen molar-refractivity contribution in [2.75, 3.05) is 47.4 Å². The van der Waals surface area contributed by atoms with Gasteiger partial charge in [0.05, 0.1) is 36.0 Å². The highest BCUT2D eigenvalue weighted by atomic mass is 16.7. The van der Waals surface area contributed by atoms with E-state index in [9.17, 15) is 19.5 Å². The predicted octanol–water partition coefficient (Wildman–Crippen LogP) is 5.77. The number of aliphatic hydroxyl groups is 1. The first-order valence-electron chi connectivity index (χ1n) is 22.5. The number of hydrogen-bond acceptors (Lipinski definition) is 13. The van der Waals surface area contributed by atoms with Crippen molar-refractivity contribution in [3.8, 4) is 0 Å². The number of carbonyl (C=O) groups excluding carboxylic acids is 4. The Morgan fingerprint density at radius 1 is 1.03 bits per heavy atom.